The molecule has 0 aliphatic carbocycles. The van der Waals surface area contributed by atoms with E-state index in [9.17, 15) is 0 Å². The zero-order valence-electron chi connectivity index (χ0n) is 12.7. The van der Waals surface area contributed by atoms with E-state index in [4.69, 9.17) is 9.47 Å². The summed E-state index contributed by atoms with van der Waals surface area (Å²) in [6, 6.07) is 5.70. The highest BCUT2D eigenvalue weighted by molar-refractivity contribution is 5.59. The van der Waals surface area contributed by atoms with Crippen LogP contribution < -0.4 is 15.0 Å². The lowest BCUT2D eigenvalue weighted by atomic mass is 10.3. The smallest absolute Gasteiger partial charge is 0.230 e. The zero-order valence-corrected chi connectivity index (χ0v) is 12.7. The predicted octanol–water partition coefficient (Wildman–Crippen LogP) is 1.77. The van der Waals surface area contributed by atoms with Crippen LogP contribution in [0.2, 0.25) is 0 Å². The average molecular weight is 301 g/mol. The number of aryl methyl sites for hydroxylation is 1. The van der Waals surface area contributed by atoms with Crippen molar-refractivity contribution < 1.29 is 9.47 Å². The van der Waals surface area contributed by atoms with E-state index in [2.05, 4.69) is 25.2 Å². The first-order valence-corrected chi connectivity index (χ1v) is 7.20. The van der Waals surface area contributed by atoms with Crippen molar-refractivity contribution in [2.75, 3.05) is 43.6 Å². The van der Waals surface area contributed by atoms with Crippen LogP contribution in [-0.4, -0.2) is 48.4 Å². The Kier molecular flexibility index (Phi) is 4.34. The van der Waals surface area contributed by atoms with Crippen molar-refractivity contribution in [2.24, 2.45) is 0 Å². The minimum Gasteiger partial charge on any atom is -0.481 e. The van der Waals surface area contributed by atoms with Crippen LogP contribution in [0.3, 0.4) is 0 Å². The van der Waals surface area contributed by atoms with Crippen LogP contribution in [0.25, 0.3) is 0 Å². The number of hydrogen-bond acceptors (Lipinski definition) is 7. The Morgan fingerprint density at radius 2 is 2.00 bits per heavy atom. The second-order valence-corrected chi connectivity index (χ2v) is 4.95. The molecule has 22 heavy (non-hydrogen) atoms. The number of methoxy groups -OCH3 is 1. The number of hydrogen-bond donors (Lipinski definition) is 1. The Hall–Kier alpha value is -2.41. The fourth-order valence-electron chi connectivity index (χ4n) is 2.28. The normalized spacial score (nSPS) is 14.7. The summed E-state index contributed by atoms with van der Waals surface area (Å²) in [6.45, 7) is 5.21. The van der Waals surface area contributed by atoms with Gasteiger partial charge in [0.05, 0.1) is 31.7 Å². The molecule has 7 nitrogen and oxygen atoms in total. The van der Waals surface area contributed by atoms with Crippen LogP contribution in [0.15, 0.2) is 24.4 Å². The van der Waals surface area contributed by atoms with Crippen LogP contribution >= 0.6 is 0 Å². The largest absolute Gasteiger partial charge is 0.481 e. The number of aromatic nitrogens is 3. The molecular formula is C15H19N5O2. The number of pyridine rings is 1. The molecule has 1 aliphatic rings. The lowest BCUT2D eigenvalue weighted by Gasteiger charge is -2.28. The van der Waals surface area contributed by atoms with Crippen LogP contribution in [0, 0.1) is 6.92 Å². The number of nitrogens with one attached hydrogen (secondary N) is 1. The first-order chi connectivity index (χ1) is 10.8. The molecule has 0 radical (unpaired) electrons. The second-order valence-electron chi connectivity index (χ2n) is 4.95. The maximum Gasteiger partial charge on any atom is 0.230 e. The van der Waals surface area contributed by atoms with E-state index in [-0.39, 0.29) is 0 Å². The zero-order chi connectivity index (χ0) is 15.4. The quantitative estimate of drug-likeness (QED) is 0.922. The van der Waals surface area contributed by atoms with E-state index < -0.39 is 0 Å². The molecule has 3 rings (SSSR count). The van der Waals surface area contributed by atoms with Gasteiger partial charge in [0.25, 0.3) is 0 Å². The summed E-state index contributed by atoms with van der Waals surface area (Å²) >= 11 is 0. The van der Waals surface area contributed by atoms with Crippen molar-refractivity contribution in [1.29, 1.82) is 0 Å². The van der Waals surface area contributed by atoms with Crippen LogP contribution in [0.1, 0.15) is 5.69 Å². The molecule has 7 heteroatoms. The molecule has 0 unspecified atom stereocenters. The molecule has 1 fully saturated rings. The summed E-state index contributed by atoms with van der Waals surface area (Å²) in [5.74, 6) is 1.98. The molecule has 2 aromatic heterocycles. The maximum atomic E-state index is 5.37. The average Bonchev–Trinajstić information content (AvgIpc) is 2.58. The van der Waals surface area contributed by atoms with Gasteiger partial charge >= 0.3 is 0 Å². The summed E-state index contributed by atoms with van der Waals surface area (Å²) in [4.78, 5) is 15.3. The lowest BCUT2D eigenvalue weighted by molar-refractivity contribution is 0.122. The van der Waals surface area contributed by atoms with Gasteiger partial charge in [-0.1, -0.05) is 0 Å². The van der Waals surface area contributed by atoms with Gasteiger partial charge < -0.3 is 19.7 Å². The molecule has 0 atom stereocenters. The third-order valence-electron chi connectivity index (χ3n) is 3.49. The fraction of sp³-hybridized carbons (Fsp3) is 0.400. The number of rotatable bonds is 4. The molecule has 1 saturated heterocycles. The van der Waals surface area contributed by atoms with Gasteiger partial charge in [0.2, 0.25) is 11.8 Å². The summed E-state index contributed by atoms with van der Waals surface area (Å²) in [6.07, 6.45) is 1.65. The van der Waals surface area contributed by atoms with Gasteiger partial charge in [-0.2, -0.15) is 4.98 Å². The van der Waals surface area contributed by atoms with Gasteiger partial charge in [-0.3, -0.25) is 0 Å². The minimum atomic E-state index is 0.489. The van der Waals surface area contributed by atoms with Crippen LogP contribution in [0.5, 0.6) is 5.88 Å². The van der Waals surface area contributed by atoms with Gasteiger partial charge in [0, 0.05) is 25.4 Å². The summed E-state index contributed by atoms with van der Waals surface area (Å²) in [5.41, 5.74) is 1.78. The number of anilines is 3. The number of morpholine rings is 1. The Bertz CT molecular complexity index is 644. The third kappa shape index (κ3) is 3.25. The second kappa shape index (κ2) is 6.57. The Balaban J connectivity index is 1.76. The predicted molar refractivity (Wildman–Crippen MR) is 83.9 cm³/mol. The van der Waals surface area contributed by atoms with Crippen molar-refractivity contribution >= 4 is 17.5 Å². The number of ether oxygens (including phenoxy) is 2. The summed E-state index contributed by atoms with van der Waals surface area (Å²) < 4.78 is 10.5. The monoisotopic (exact) mass is 301 g/mol. The first-order valence-electron chi connectivity index (χ1n) is 7.20. The maximum absolute atomic E-state index is 5.37. The highest BCUT2D eigenvalue weighted by Crippen LogP contribution is 2.22. The van der Waals surface area contributed by atoms with Crippen molar-refractivity contribution in [3.8, 4) is 5.88 Å². The van der Waals surface area contributed by atoms with E-state index in [1.165, 1.54) is 0 Å². The molecule has 3 heterocycles. The molecule has 1 aliphatic heterocycles. The Morgan fingerprint density at radius 3 is 2.73 bits per heavy atom. The first kappa shape index (κ1) is 14.5. The lowest BCUT2D eigenvalue weighted by Crippen LogP contribution is -2.36. The van der Waals surface area contributed by atoms with Crippen LogP contribution in [0.4, 0.5) is 17.5 Å². The van der Waals surface area contributed by atoms with Crippen molar-refractivity contribution in [2.45, 2.75) is 6.92 Å². The van der Waals surface area contributed by atoms with E-state index in [0.29, 0.717) is 11.8 Å². The van der Waals surface area contributed by atoms with Crippen molar-refractivity contribution in [3.63, 3.8) is 0 Å². The van der Waals surface area contributed by atoms with E-state index >= 15 is 0 Å². The molecular weight excluding hydrogens is 282 g/mol. The SMILES string of the molecule is COc1ccnc(Nc2ccc(N3CCOCC3)nc2C)n1. The Labute approximate surface area is 129 Å². The molecule has 1 N–H and O–H groups in total. The standard InChI is InChI=1S/C15H19N5O2/c1-11-12(18-15-16-6-5-14(19-15)21-2)3-4-13(17-11)20-7-9-22-10-8-20/h3-6H,7-10H2,1-2H3,(H,16,18,19). The van der Waals surface area contributed by atoms with Crippen LogP contribution in [-0.2, 0) is 4.74 Å². The Morgan fingerprint density at radius 1 is 1.18 bits per heavy atom. The van der Waals surface area contributed by atoms with Gasteiger partial charge in [0.1, 0.15) is 5.82 Å². The van der Waals surface area contributed by atoms with Gasteiger partial charge in [-0.25, -0.2) is 9.97 Å². The molecule has 0 spiro atoms. The molecule has 116 valence electrons. The fourth-order valence-corrected chi connectivity index (χ4v) is 2.28. The van der Waals surface area contributed by atoms with E-state index in [0.717, 1.165) is 43.5 Å². The number of nitrogens with zero attached hydrogens (tertiary/aromatic N) is 4. The molecule has 0 saturated carbocycles. The highest BCUT2D eigenvalue weighted by Gasteiger charge is 2.13. The molecule has 2 aromatic rings. The summed E-state index contributed by atoms with van der Waals surface area (Å²) in [5, 5.41) is 3.17. The van der Waals surface area contributed by atoms with E-state index in [1.807, 2.05) is 19.1 Å². The highest BCUT2D eigenvalue weighted by atomic mass is 16.5. The third-order valence-corrected chi connectivity index (χ3v) is 3.49. The van der Waals surface area contributed by atoms with Gasteiger partial charge in [-0.15, -0.1) is 0 Å². The molecule has 0 bridgehead atoms. The van der Waals surface area contributed by atoms with Crippen molar-refractivity contribution in [1.82, 2.24) is 15.0 Å². The topological polar surface area (TPSA) is 72.4 Å². The minimum absolute atomic E-state index is 0.489. The van der Waals surface area contributed by atoms with Gasteiger partial charge in [0.15, 0.2) is 0 Å². The molecule has 0 aromatic carbocycles. The van der Waals surface area contributed by atoms with E-state index in [1.54, 1.807) is 19.4 Å². The van der Waals surface area contributed by atoms with Gasteiger partial charge in [-0.05, 0) is 19.1 Å². The summed E-state index contributed by atoms with van der Waals surface area (Å²) in [7, 11) is 1.58. The molecule has 0 amide bonds. The van der Waals surface area contributed by atoms with Crippen molar-refractivity contribution in [3.05, 3.63) is 30.1 Å².